The summed E-state index contributed by atoms with van der Waals surface area (Å²) in [7, 11) is -0.654. The van der Waals surface area contributed by atoms with Gasteiger partial charge in [0.2, 0.25) is 0 Å². The summed E-state index contributed by atoms with van der Waals surface area (Å²) in [6.45, 7) is 1.78. The number of furan rings is 1. The van der Waals surface area contributed by atoms with Crippen molar-refractivity contribution in [3.05, 3.63) is 18.1 Å². The van der Waals surface area contributed by atoms with Crippen LogP contribution in [-0.4, -0.2) is 17.5 Å². The molecule has 0 amide bonds. The van der Waals surface area contributed by atoms with Crippen molar-refractivity contribution in [2.24, 2.45) is 4.36 Å². The van der Waals surface area contributed by atoms with E-state index in [1.807, 2.05) is 0 Å². The van der Waals surface area contributed by atoms with Crippen LogP contribution in [0.5, 0.6) is 0 Å². The van der Waals surface area contributed by atoms with Crippen LogP contribution < -0.4 is 0 Å². The minimum absolute atomic E-state index is 0.683. The first-order chi connectivity index (χ1) is 5.08. The third-order valence-electron chi connectivity index (χ3n) is 1.57. The Hall–Kier alpha value is -0.770. The summed E-state index contributed by atoms with van der Waals surface area (Å²) in [5, 5.41) is 0. The van der Waals surface area contributed by atoms with E-state index in [9.17, 15) is 4.21 Å². The molecule has 0 aromatic carbocycles. The molecule has 0 saturated carbocycles. The quantitative estimate of drug-likeness (QED) is 0.648. The van der Waals surface area contributed by atoms with E-state index in [4.69, 9.17) is 4.42 Å². The molecular formula is C7H11NO2S. The largest absolute Gasteiger partial charge is 0.468 e. The fourth-order valence-corrected chi connectivity index (χ4v) is 1.95. The molecule has 1 rings (SSSR count). The van der Waals surface area contributed by atoms with Crippen LogP contribution in [0.15, 0.2) is 26.0 Å². The van der Waals surface area contributed by atoms with Crippen molar-refractivity contribution >= 4 is 9.73 Å². The van der Waals surface area contributed by atoms with Gasteiger partial charge in [0.05, 0.1) is 20.9 Å². The van der Waals surface area contributed by atoms with Crippen LogP contribution in [0.1, 0.15) is 5.76 Å². The van der Waals surface area contributed by atoms with Crippen molar-refractivity contribution in [2.45, 2.75) is 11.8 Å². The molecule has 0 unspecified atom stereocenters. The molecule has 0 saturated heterocycles. The van der Waals surface area contributed by atoms with Crippen molar-refractivity contribution in [1.82, 2.24) is 0 Å². The van der Waals surface area contributed by atoms with Crippen LogP contribution in [0.2, 0.25) is 0 Å². The monoisotopic (exact) mass is 173 g/mol. The number of nitrogens with zero attached hydrogens (tertiary/aromatic N) is 1. The topological polar surface area (TPSA) is 42.6 Å². The van der Waals surface area contributed by atoms with Gasteiger partial charge in [0.25, 0.3) is 0 Å². The third-order valence-corrected chi connectivity index (χ3v) is 3.50. The first-order valence-electron chi connectivity index (χ1n) is 3.22. The zero-order chi connectivity index (χ0) is 8.48. The fraction of sp³-hybridized carbons (Fsp3) is 0.429. The highest BCUT2D eigenvalue weighted by molar-refractivity contribution is 7.93. The highest BCUT2D eigenvalue weighted by Crippen LogP contribution is 2.16. The molecule has 1 atom stereocenters. The molecule has 1 heterocycles. The van der Waals surface area contributed by atoms with Crippen LogP contribution in [0.4, 0.5) is 0 Å². The first kappa shape index (κ1) is 8.33. The molecule has 0 spiro atoms. The second kappa shape index (κ2) is 2.70. The summed E-state index contributed by atoms with van der Waals surface area (Å²) in [6.07, 6.45) is 3.13. The molecule has 3 nitrogen and oxygen atoms in total. The molecule has 1 aromatic heterocycles. The highest BCUT2D eigenvalue weighted by atomic mass is 32.2. The average Bonchev–Trinajstić information content (AvgIpc) is 2.36. The van der Waals surface area contributed by atoms with Crippen LogP contribution in [-0.2, 0) is 9.73 Å². The zero-order valence-corrected chi connectivity index (χ0v) is 7.64. The second-order valence-electron chi connectivity index (χ2n) is 2.33. The zero-order valence-electron chi connectivity index (χ0n) is 6.83. The summed E-state index contributed by atoms with van der Waals surface area (Å²) >= 11 is 0. The van der Waals surface area contributed by atoms with E-state index in [0.29, 0.717) is 10.7 Å². The molecule has 0 N–H and O–H groups in total. The molecule has 0 aliphatic heterocycles. The van der Waals surface area contributed by atoms with Gasteiger partial charge in [0, 0.05) is 13.3 Å². The van der Waals surface area contributed by atoms with E-state index in [0.717, 1.165) is 0 Å². The lowest BCUT2D eigenvalue weighted by Gasteiger charge is -1.98. The van der Waals surface area contributed by atoms with Gasteiger partial charge in [0.1, 0.15) is 5.76 Å². The van der Waals surface area contributed by atoms with Gasteiger partial charge in [-0.1, -0.05) is 0 Å². The molecule has 0 bridgehead atoms. The molecular weight excluding hydrogens is 162 g/mol. The Morgan fingerprint density at radius 1 is 1.64 bits per heavy atom. The van der Waals surface area contributed by atoms with Crippen molar-refractivity contribution in [3.8, 4) is 0 Å². The summed E-state index contributed by atoms with van der Waals surface area (Å²) in [5.41, 5.74) is 0. The molecule has 11 heavy (non-hydrogen) atoms. The Morgan fingerprint density at radius 2 is 2.27 bits per heavy atom. The van der Waals surface area contributed by atoms with Gasteiger partial charge in [-0.3, -0.25) is 0 Å². The van der Waals surface area contributed by atoms with Crippen molar-refractivity contribution in [3.63, 3.8) is 0 Å². The van der Waals surface area contributed by atoms with E-state index in [1.54, 1.807) is 26.3 Å². The smallest absolute Gasteiger partial charge is 0.117 e. The lowest BCUT2D eigenvalue weighted by molar-refractivity contribution is 0.525. The van der Waals surface area contributed by atoms with Gasteiger partial charge in [-0.2, -0.15) is 0 Å². The van der Waals surface area contributed by atoms with Gasteiger partial charge in [-0.25, -0.2) is 8.57 Å². The van der Waals surface area contributed by atoms with Gasteiger partial charge in [-0.15, -0.1) is 0 Å². The number of rotatable bonds is 1. The van der Waals surface area contributed by atoms with Crippen molar-refractivity contribution < 1.29 is 8.63 Å². The van der Waals surface area contributed by atoms with Crippen LogP contribution in [0.25, 0.3) is 0 Å². The number of hydrogen-bond donors (Lipinski definition) is 0. The van der Waals surface area contributed by atoms with Crippen LogP contribution >= 0.6 is 0 Å². The summed E-state index contributed by atoms with van der Waals surface area (Å²) < 4.78 is 20.4. The van der Waals surface area contributed by atoms with Crippen LogP contribution in [0.3, 0.4) is 0 Å². The van der Waals surface area contributed by atoms with Crippen LogP contribution in [0, 0.1) is 6.92 Å². The predicted molar refractivity (Wildman–Crippen MR) is 44.1 cm³/mol. The van der Waals surface area contributed by atoms with E-state index in [2.05, 4.69) is 4.36 Å². The van der Waals surface area contributed by atoms with Crippen molar-refractivity contribution in [1.29, 1.82) is 0 Å². The van der Waals surface area contributed by atoms with Gasteiger partial charge in [-0.05, 0) is 13.0 Å². The number of hydrogen-bond acceptors (Lipinski definition) is 3. The molecule has 1 aromatic rings. The maximum absolute atomic E-state index is 11.6. The number of aryl methyl sites for hydroxylation is 1. The first-order valence-corrected chi connectivity index (χ1v) is 5.14. The second-order valence-corrected chi connectivity index (χ2v) is 4.74. The summed E-state index contributed by atoms with van der Waals surface area (Å²) in [4.78, 5) is 0.694. The molecule has 0 fully saturated rings. The highest BCUT2D eigenvalue weighted by Gasteiger charge is 2.09. The Morgan fingerprint density at radius 3 is 2.64 bits per heavy atom. The summed E-state index contributed by atoms with van der Waals surface area (Å²) in [6, 6.07) is 1.70. The lowest BCUT2D eigenvalue weighted by Crippen LogP contribution is -1.96. The lowest BCUT2D eigenvalue weighted by atomic mass is 10.5. The van der Waals surface area contributed by atoms with E-state index in [1.165, 1.54) is 6.26 Å². The average molecular weight is 173 g/mol. The maximum Gasteiger partial charge on any atom is 0.117 e. The summed E-state index contributed by atoms with van der Waals surface area (Å²) in [5.74, 6) is 0.683. The third kappa shape index (κ3) is 1.45. The molecule has 4 heteroatoms. The van der Waals surface area contributed by atoms with E-state index in [-0.39, 0.29) is 0 Å². The van der Waals surface area contributed by atoms with Gasteiger partial charge in [0.15, 0.2) is 0 Å². The molecule has 0 aliphatic rings. The fourth-order valence-electron chi connectivity index (χ4n) is 0.865. The normalized spacial score (nSPS) is 15.9. The maximum atomic E-state index is 11.6. The minimum Gasteiger partial charge on any atom is -0.468 e. The Bertz CT molecular complexity index is 358. The molecule has 0 aliphatic carbocycles. The van der Waals surface area contributed by atoms with Gasteiger partial charge < -0.3 is 4.42 Å². The Balaban J connectivity index is 3.34. The van der Waals surface area contributed by atoms with Gasteiger partial charge >= 0.3 is 0 Å². The minimum atomic E-state index is -2.20. The van der Waals surface area contributed by atoms with E-state index < -0.39 is 9.73 Å². The molecule has 0 radical (unpaired) electrons. The molecule has 62 valence electrons. The van der Waals surface area contributed by atoms with E-state index >= 15 is 0 Å². The SMILES string of the molecule is CN=[S@](C)(=O)c1ccoc1C. The predicted octanol–water partition coefficient (Wildman–Crippen LogP) is 1.67. The Kier molecular flexibility index (Phi) is 2.04. The Labute approximate surface area is 66.6 Å². The van der Waals surface area contributed by atoms with Crippen molar-refractivity contribution in [2.75, 3.05) is 13.3 Å². The standard InChI is InChI=1S/C7H11NO2S/c1-6-7(4-5-10-6)11(3,9)8-2/h4-5H,1-3H3/t11-/m1/s1.